The molecule has 1 atom stereocenters. The van der Waals surface area contributed by atoms with Crippen LogP contribution in [0.25, 0.3) is 0 Å². The summed E-state index contributed by atoms with van der Waals surface area (Å²) in [7, 11) is 1.65. The maximum absolute atomic E-state index is 11.3. The van der Waals surface area contributed by atoms with Gasteiger partial charge in [0, 0.05) is 19.7 Å². The summed E-state index contributed by atoms with van der Waals surface area (Å²) < 4.78 is 0. The first-order valence-corrected chi connectivity index (χ1v) is 6.51. The van der Waals surface area contributed by atoms with Gasteiger partial charge in [-0.3, -0.25) is 19.8 Å². The van der Waals surface area contributed by atoms with Gasteiger partial charge < -0.3 is 11.1 Å². The van der Waals surface area contributed by atoms with Crippen LogP contribution in [0, 0.1) is 10.1 Å². The van der Waals surface area contributed by atoms with E-state index >= 15 is 0 Å². The van der Waals surface area contributed by atoms with Crippen LogP contribution in [0.15, 0.2) is 18.2 Å². The molecule has 0 spiro atoms. The summed E-state index contributed by atoms with van der Waals surface area (Å²) in [6.07, 6.45) is 1.72. The van der Waals surface area contributed by atoms with Crippen molar-refractivity contribution in [2.75, 3.05) is 18.9 Å². The third-order valence-corrected chi connectivity index (χ3v) is 3.60. The van der Waals surface area contributed by atoms with E-state index in [2.05, 4.69) is 5.32 Å². The molecular formula is C13H18N4O3. The molecule has 3 N–H and O–H groups in total. The van der Waals surface area contributed by atoms with Crippen molar-refractivity contribution in [3.05, 3.63) is 33.9 Å². The Morgan fingerprint density at radius 3 is 2.95 bits per heavy atom. The Balaban J connectivity index is 2.17. The first-order valence-electron chi connectivity index (χ1n) is 6.51. The van der Waals surface area contributed by atoms with Crippen molar-refractivity contribution in [2.24, 2.45) is 5.73 Å². The molecule has 1 aliphatic heterocycles. The van der Waals surface area contributed by atoms with Crippen molar-refractivity contribution < 1.29 is 9.72 Å². The fraction of sp³-hybridized carbons (Fsp3) is 0.462. The van der Waals surface area contributed by atoms with Crippen LogP contribution in [0.3, 0.4) is 0 Å². The van der Waals surface area contributed by atoms with Crippen LogP contribution in [0.5, 0.6) is 0 Å². The number of nitrogens with two attached hydrogens (primary N) is 1. The van der Waals surface area contributed by atoms with Crippen LogP contribution in [-0.4, -0.2) is 35.4 Å². The molecule has 1 heterocycles. The van der Waals surface area contributed by atoms with Gasteiger partial charge in [-0.2, -0.15) is 0 Å². The summed E-state index contributed by atoms with van der Waals surface area (Å²) in [6.45, 7) is 1.39. The van der Waals surface area contributed by atoms with Gasteiger partial charge in [-0.05, 0) is 31.0 Å². The van der Waals surface area contributed by atoms with E-state index in [0.29, 0.717) is 12.2 Å². The number of rotatable bonds is 5. The Hall–Kier alpha value is -2.15. The van der Waals surface area contributed by atoms with Gasteiger partial charge in [0.1, 0.15) is 5.69 Å². The van der Waals surface area contributed by atoms with E-state index in [-0.39, 0.29) is 17.6 Å². The fourth-order valence-corrected chi connectivity index (χ4v) is 2.61. The molecule has 1 aliphatic rings. The zero-order chi connectivity index (χ0) is 14.7. The molecule has 7 nitrogen and oxygen atoms in total. The largest absolute Gasteiger partial charge is 0.383 e. The lowest BCUT2D eigenvalue weighted by atomic mass is 10.1. The average Bonchev–Trinajstić information content (AvgIpc) is 2.86. The molecule has 0 aliphatic carbocycles. The maximum Gasteiger partial charge on any atom is 0.292 e. The van der Waals surface area contributed by atoms with E-state index in [0.717, 1.165) is 24.9 Å². The van der Waals surface area contributed by atoms with Crippen LogP contribution in [0.1, 0.15) is 18.4 Å². The minimum Gasteiger partial charge on any atom is -0.383 e. The second-order valence-corrected chi connectivity index (χ2v) is 4.89. The van der Waals surface area contributed by atoms with Gasteiger partial charge in [0.2, 0.25) is 5.91 Å². The van der Waals surface area contributed by atoms with E-state index in [4.69, 9.17) is 5.73 Å². The molecule has 1 aromatic rings. The zero-order valence-corrected chi connectivity index (χ0v) is 11.3. The summed E-state index contributed by atoms with van der Waals surface area (Å²) in [5.41, 5.74) is 6.82. The highest BCUT2D eigenvalue weighted by atomic mass is 16.6. The maximum atomic E-state index is 11.3. The highest BCUT2D eigenvalue weighted by Crippen LogP contribution is 2.27. The number of amides is 1. The van der Waals surface area contributed by atoms with Crippen molar-refractivity contribution in [3.63, 3.8) is 0 Å². The van der Waals surface area contributed by atoms with Gasteiger partial charge >= 0.3 is 0 Å². The molecule has 2 rings (SSSR count). The average molecular weight is 278 g/mol. The number of likely N-dealkylation sites (tertiary alicyclic amines) is 1. The monoisotopic (exact) mass is 278 g/mol. The van der Waals surface area contributed by atoms with Crippen molar-refractivity contribution in [2.45, 2.75) is 25.4 Å². The van der Waals surface area contributed by atoms with Gasteiger partial charge in [0.25, 0.3) is 5.69 Å². The number of hydrogen-bond donors (Lipinski definition) is 2. The van der Waals surface area contributed by atoms with E-state index < -0.39 is 4.92 Å². The van der Waals surface area contributed by atoms with Gasteiger partial charge in [-0.1, -0.05) is 6.07 Å². The highest BCUT2D eigenvalue weighted by molar-refractivity contribution is 5.80. The lowest BCUT2D eigenvalue weighted by Gasteiger charge is -2.22. The summed E-state index contributed by atoms with van der Waals surface area (Å²) in [4.78, 5) is 23.8. The molecule has 20 heavy (non-hydrogen) atoms. The lowest BCUT2D eigenvalue weighted by Crippen LogP contribution is -2.39. The predicted molar refractivity (Wildman–Crippen MR) is 75.3 cm³/mol. The SMILES string of the molecule is CNc1cc(CN2CCCC2C(N)=O)ccc1[N+](=O)[O-]. The predicted octanol–water partition coefficient (Wildman–Crippen LogP) is 1.09. The number of anilines is 1. The molecule has 0 radical (unpaired) electrons. The minimum absolute atomic E-state index is 0.0455. The van der Waals surface area contributed by atoms with Crippen LogP contribution in [0.4, 0.5) is 11.4 Å². The number of carbonyl (C=O) groups excluding carboxylic acids is 1. The molecule has 1 amide bonds. The van der Waals surface area contributed by atoms with Crippen molar-refractivity contribution in [1.29, 1.82) is 0 Å². The third kappa shape index (κ3) is 2.88. The van der Waals surface area contributed by atoms with Gasteiger partial charge in [0.15, 0.2) is 0 Å². The van der Waals surface area contributed by atoms with Crippen LogP contribution >= 0.6 is 0 Å². The topological polar surface area (TPSA) is 102 Å². The molecule has 0 saturated carbocycles. The standard InChI is InChI=1S/C13H18N4O3/c1-15-10-7-9(4-5-11(10)17(19)20)8-16-6-2-3-12(16)13(14)18/h4-5,7,12,15H,2-3,6,8H2,1H3,(H2,14,18). The van der Waals surface area contributed by atoms with Crippen molar-refractivity contribution in [1.82, 2.24) is 4.90 Å². The second-order valence-electron chi connectivity index (χ2n) is 4.89. The van der Waals surface area contributed by atoms with Gasteiger partial charge in [-0.15, -0.1) is 0 Å². The molecule has 108 valence electrons. The Bertz CT molecular complexity index is 532. The summed E-state index contributed by atoms with van der Waals surface area (Å²) in [5, 5.41) is 13.7. The Morgan fingerprint density at radius 2 is 2.35 bits per heavy atom. The molecule has 1 unspecified atom stereocenters. The smallest absolute Gasteiger partial charge is 0.292 e. The summed E-state index contributed by atoms with van der Waals surface area (Å²) >= 11 is 0. The van der Waals surface area contributed by atoms with Crippen molar-refractivity contribution >= 4 is 17.3 Å². The first-order chi connectivity index (χ1) is 9.52. The Morgan fingerprint density at radius 1 is 1.60 bits per heavy atom. The lowest BCUT2D eigenvalue weighted by molar-refractivity contribution is -0.384. The summed E-state index contributed by atoms with van der Waals surface area (Å²) in [6, 6.07) is 4.71. The molecule has 0 bridgehead atoms. The minimum atomic E-state index is -0.419. The molecule has 1 aromatic carbocycles. The third-order valence-electron chi connectivity index (χ3n) is 3.60. The Kier molecular flexibility index (Phi) is 4.19. The first kappa shape index (κ1) is 14.3. The highest BCUT2D eigenvalue weighted by Gasteiger charge is 2.29. The number of benzene rings is 1. The van der Waals surface area contributed by atoms with E-state index in [1.165, 1.54) is 6.07 Å². The fourth-order valence-electron chi connectivity index (χ4n) is 2.61. The van der Waals surface area contributed by atoms with Crippen molar-refractivity contribution in [3.8, 4) is 0 Å². The zero-order valence-electron chi connectivity index (χ0n) is 11.3. The van der Waals surface area contributed by atoms with Gasteiger partial charge in [-0.25, -0.2) is 0 Å². The number of carbonyl (C=O) groups is 1. The van der Waals surface area contributed by atoms with Crippen LogP contribution in [-0.2, 0) is 11.3 Å². The number of nitro benzene ring substituents is 1. The van der Waals surface area contributed by atoms with E-state index in [1.54, 1.807) is 19.2 Å². The second kappa shape index (κ2) is 5.87. The number of nitro groups is 1. The number of nitrogens with one attached hydrogen (secondary N) is 1. The quantitative estimate of drug-likeness (QED) is 0.620. The molecule has 1 saturated heterocycles. The van der Waals surface area contributed by atoms with E-state index in [9.17, 15) is 14.9 Å². The van der Waals surface area contributed by atoms with Gasteiger partial charge in [0.05, 0.1) is 11.0 Å². The summed E-state index contributed by atoms with van der Waals surface area (Å²) in [5.74, 6) is -0.307. The van der Waals surface area contributed by atoms with Crippen LogP contribution in [0.2, 0.25) is 0 Å². The number of primary amides is 1. The Labute approximate surface area is 116 Å². The number of nitrogens with zero attached hydrogens (tertiary/aromatic N) is 2. The normalized spacial score (nSPS) is 18.9. The van der Waals surface area contributed by atoms with Crippen LogP contribution < -0.4 is 11.1 Å². The van der Waals surface area contributed by atoms with E-state index in [1.807, 2.05) is 4.90 Å². The molecular weight excluding hydrogens is 260 g/mol. The molecule has 1 fully saturated rings. The molecule has 0 aromatic heterocycles. The molecule has 7 heteroatoms. The number of hydrogen-bond acceptors (Lipinski definition) is 5.